The lowest BCUT2D eigenvalue weighted by Crippen LogP contribution is -2.36. The molecule has 27 heavy (non-hydrogen) atoms. The number of ether oxygens (including phenoxy) is 1. The molecule has 140 valence electrons. The number of halogens is 2. The number of nitrogens with one attached hydrogen (secondary N) is 1. The van der Waals surface area contributed by atoms with Crippen molar-refractivity contribution in [3.63, 3.8) is 0 Å². The first kappa shape index (κ1) is 20.0. The summed E-state index contributed by atoms with van der Waals surface area (Å²) < 4.78 is 11.9. The maximum absolute atomic E-state index is 12.4. The highest BCUT2D eigenvalue weighted by Crippen LogP contribution is 2.33. The number of hydrogen-bond donors (Lipinski definition) is 1. The van der Waals surface area contributed by atoms with Gasteiger partial charge in [-0.3, -0.25) is 19.3 Å². The zero-order valence-electron chi connectivity index (χ0n) is 13.8. The van der Waals surface area contributed by atoms with Gasteiger partial charge in [0.25, 0.3) is 11.1 Å². The number of thioether (sulfide) groups is 1. The van der Waals surface area contributed by atoms with Crippen LogP contribution in [0.25, 0.3) is 6.08 Å². The highest BCUT2D eigenvalue weighted by atomic mass is 127. The summed E-state index contributed by atoms with van der Waals surface area (Å²) in [5.74, 6) is 0.0965. The van der Waals surface area contributed by atoms with Crippen molar-refractivity contribution in [2.75, 3.05) is 19.0 Å². The van der Waals surface area contributed by atoms with Crippen LogP contribution in [0.4, 0.5) is 10.5 Å². The van der Waals surface area contributed by atoms with Crippen LogP contribution in [-0.4, -0.2) is 35.6 Å². The first-order valence-corrected chi connectivity index (χ1v) is 10.2. The van der Waals surface area contributed by atoms with E-state index in [4.69, 9.17) is 9.15 Å². The van der Waals surface area contributed by atoms with E-state index in [0.29, 0.717) is 21.0 Å². The van der Waals surface area contributed by atoms with E-state index in [1.165, 1.54) is 6.08 Å². The van der Waals surface area contributed by atoms with Gasteiger partial charge in [-0.25, -0.2) is 0 Å². The van der Waals surface area contributed by atoms with Crippen molar-refractivity contribution in [3.05, 3.63) is 49.2 Å². The Labute approximate surface area is 180 Å². The molecule has 1 aromatic heterocycles. The lowest BCUT2D eigenvalue weighted by atomic mass is 10.3. The Bertz CT molecular complexity index is 922. The fraction of sp³-hybridized carbons (Fsp3) is 0.118. The molecule has 7 nitrogen and oxygen atoms in total. The van der Waals surface area contributed by atoms with E-state index in [2.05, 4.69) is 21.2 Å². The predicted octanol–water partition coefficient (Wildman–Crippen LogP) is 4.33. The molecule has 1 N–H and O–H groups in total. The summed E-state index contributed by atoms with van der Waals surface area (Å²) in [5, 5.41) is 2.14. The van der Waals surface area contributed by atoms with Gasteiger partial charge in [-0.05, 0) is 58.0 Å². The molecule has 0 radical (unpaired) electrons. The van der Waals surface area contributed by atoms with Crippen molar-refractivity contribution in [2.24, 2.45) is 0 Å². The topological polar surface area (TPSA) is 88.8 Å². The van der Waals surface area contributed by atoms with E-state index < -0.39 is 17.1 Å². The molecular weight excluding hydrogens is 551 g/mol. The smallest absolute Gasteiger partial charge is 0.294 e. The second kappa shape index (κ2) is 8.48. The lowest BCUT2D eigenvalue weighted by Gasteiger charge is -2.12. The number of furan rings is 1. The van der Waals surface area contributed by atoms with Crippen LogP contribution in [0.15, 0.2) is 44.1 Å². The van der Waals surface area contributed by atoms with Crippen LogP contribution in [0.5, 0.6) is 5.75 Å². The highest BCUT2D eigenvalue weighted by molar-refractivity contribution is 14.1. The van der Waals surface area contributed by atoms with Gasteiger partial charge in [0, 0.05) is 34.4 Å². The first-order chi connectivity index (χ1) is 12.9. The summed E-state index contributed by atoms with van der Waals surface area (Å²) in [6.45, 7) is -0.368. The SMILES string of the molecule is COc1ccc(NC(=O)CN2C(=O)S/C(=C\c3cc(Br)c(I)o3)C2=O)cc1. The third-order valence-corrected chi connectivity index (χ3v) is 6.53. The van der Waals surface area contributed by atoms with Crippen LogP contribution in [0.3, 0.4) is 0 Å². The van der Waals surface area contributed by atoms with E-state index in [-0.39, 0.29) is 11.4 Å². The summed E-state index contributed by atoms with van der Waals surface area (Å²) >= 11 is 6.09. The van der Waals surface area contributed by atoms with Gasteiger partial charge in [0.1, 0.15) is 18.1 Å². The van der Waals surface area contributed by atoms with Crippen molar-refractivity contribution in [2.45, 2.75) is 0 Å². The number of hydrogen-bond acceptors (Lipinski definition) is 6. The highest BCUT2D eigenvalue weighted by Gasteiger charge is 2.36. The average molecular weight is 563 g/mol. The summed E-state index contributed by atoms with van der Waals surface area (Å²) in [4.78, 5) is 37.9. The number of anilines is 1. The Morgan fingerprint density at radius 2 is 2.07 bits per heavy atom. The summed E-state index contributed by atoms with van der Waals surface area (Å²) in [6, 6.07) is 8.43. The molecule has 1 saturated heterocycles. The molecule has 1 fully saturated rings. The zero-order valence-corrected chi connectivity index (χ0v) is 18.4. The molecule has 3 rings (SSSR count). The van der Waals surface area contributed by atoms with Crippen LogP contribution in [0.1, 0.15) is 5.76 Å². The Morgan fingerprint density at radius 1 is 1.37 bits per heavy atom. The summed E-state index contributed by atoms with van der Waals surface area (Å²) in [5.41, 5.74) is 0.540. The second-order valence-corrected chi connectivity index (χ2v) is 8.14. The molecule has 0 atom stereocenters. The molecule has 10 heteroatoms. The molecule has 2 aromatic rings. The van der Waals surface area contributed by atoms with Gasteiger partial charge in [-0.15, -0.1) is 0 Å². The van der Waals surface area contributed by atoms with Gasteiger partial charge >= 0.3 is 0 Å². The lowest BCUT2D eigenvalue weighted by molar-refractivity contribution is -0.127. The van der Waals surface area contributed by atoms with E-state index in [9.17, 15) is 14.4 Å². The standard InChI is InChI=1S/C17H12BrIN2O5S/c1-25-10-4-2-9(3-5-10)20-14(22)8-21-16(23)13(27-17(21)24)7-11-6-12(18)15(19)26-11/h2-7H,8H2,1H3,(H,20,22)/b13-7-. The van der Waals surface area contributed by atoms with E-state index >= 15 is 0 Å². The normalized spacial score (nSPS) is 15.5. The fourth-order valence-corrected chi connectivity index (χ4v) is 3.75. The average Bonchev–Trinajstić information content (AvgIpc) is 3.08. The number of imide groups is 1. The van der Waals surface area contributed by atoms with E-state index in [1.54, 1.807) is 37.4 Å². The molecule has 0 aliphatic carbocycles. The Kier molecular flexibility index (Phi) is 6.27. The summed E-state index contributed by atoms with van der Waals surface area (Å²) in [7, 11) is 1.54. The molecular formula is C17H12BrIN2O5S. The Hall–Kier alpha value is -1.79. The third-order valence-electron chi connectivity index (χ3n) is 3.49. The van der Waals surface area contributed by atoms with Crippen molar-refractivity contribution in [3.8, 4) is 5.75 Å². The van der Waals surface area contributed by atoms with Gasteiger partial charge in [-0.1, -0.05) is 0 Å². The van der Waals surface area contributed by atoms with Crippen LogP contribution >= 0.6 is 50.3 Å². The number of amides is 3. The second-order valence-electron chi connectivity index (χ2n) is 5.31. The maximum atomic E-state index is 12.4. The first-order valence-electron chi connectivity index (χ1n) is 7.51. The third kappa shape index (κ3) is 4.74. The predicted molar refractivity (Wildman–Crippen MR) is 113 cm³/mol. The number of rotatable bonds is 5. The largest absolute Gasteiger partial charge is 0.497 e. The number of benzene rings is 1. The van der Waals surface area contributed by atoms with Crippen LogP contribution in [0.2, 0.25) is 0 Å². The minimum Gasteiger partial charge on any atom is -0.497 e. The Balaban J connectivity index is 1.66. The molecule has 1 aliphatic rings. The number of carbonyl (C=O) groups excluding carboxylic acids is 3. The fourth-order valence-electron chi connectivity index (χ4n) is 2.22. The molecule has 0 spiro atoms. The number of nitrogens with zero attached hydrogens (tertiary/aromatic N) is 1. The van der Waals surface area contributed by atoms with Crippen molar-refractivity contribution in [1.29, 1.82) is 0 Å². The van der Waals surface area contributed by atoms with Crippen molar-refractivity contribution < 1.29 is 23.5 Å². The van der Waals surface area contributed by atoms with Crippen molar-refractivity contribution in [1.82, 2.24) is 4.90 Å². The van der Waals surface area contributed by atoms with Gasteiger partial charge in [0.2, 0.25) is 5.91 Å². The molecule has 3 amide bonds. The van der Waals surface area contributed by atoms with Crippen LogP contribution in [-0.2, 0) is 9.59 Å². The summed E-state index contributed by atoms with van der Waals surface area (Å²) in [6.07, 6.45) is 1.49. The van der Waals surface area contributed by atoms with Gasteiger partial charge in [-0.2, -0.15) is 0 Å². The zero-order chi connectivity index (χ0) is 19.6. The minimum absolute atomic E-state index is 0.204. The minimum atomic E-state index is -0.530. The molecule has 0 bridgehead atoms. The molecule has 2 heterocycles. The maximum Gasteiger partial charge on any atom is 0.294 e. The van der Waals surface area contributed by atoms with Gasteiger partial charge < -0.3 is 14.5 Å². The number of carbonyl (C=O) groups is 3. The van der Waals surface area contributed by atoms with Crippen LogP contribution in [0, 0.1) is 3.77 Å². The molecule has 1 aromatic carbocycles. The number of methoxy groups -OCH3 is 1. The Morgan fingerprint density at radius 3 is 2.67 bits per heavy atom. The molecule has 0 saturated carbocycles. The monoisotopic (exact) mass is 562 g/mol. The molecule has 0 unspecified atom stereocenters. The quantitative estimate of drug-likeness (QED) is 0.431. The molecule has 1 aliphatic heterocycles. The van der Waals surface area contributed by atoms with Gasteiger partial charge in [0.05, 0.1) is 16.5 Å². The van der Waals surface area contributed by atoms with E-state index in [1.807, 2.05) is 22.6 Å². The van der Waals surface area contributed by atoms with Gasteiger partial charge in [0.15, 0.2) is 3.77 Å². The van der Waals surface area contributed by atoms with E-state index in [0.717, 1.165) is 21.1 Å². The van der Waals surface area contributed by atoms with Crippen LogP contribution < -0.4 is 10.1 Å². The van der Waals surface area contributed by atoms with Crippen molar-refractivity contribution >= 4 is 79.1 Å².